The van der Waals surface area contributed by atoms with Crippen LogP contribution in [0.5, 0.6) is 0 Å². The van der Waals surface area contributed by atoms with Crippen LogP contribution in [0.3, 0.4) is 0 Å². The molecule has 0 spiro atoms. The predicted molar refractivity (Wildman–Crippen MR) is 55.2 cm³/mol. The molecule has 1 N–H and O–H groups in total. The summed E-state index contributed by atoms with van der Waals surface area (Å²) in [6, 6.07) is 2.78. The van der Waals surface area contributed by atoms with Gasteiger partial charge in [-0.25, -0.2) is 18.6 Å². The third kappa shape index (κ3) is 2.88. The van der Waals surface area contributed by atoms with Gasteiger partial charge in [0.05, 0.1) is 17.8 Å². The molecule has 0 aliphatic heterocycles. The third-order valence-corrected chi connectivity index (χ3v) is 2.10. The number of carboxylic acids is 1. The van der Waals surface area contributed by atoms with Crippen LogP contribution in [0.1, 0.15) is 16.1 Å². The topological polar surface area (TPSA) is 53.4 Å². The second-order valence-electron chi connectivity index (χ2n) is 3.38. The van der Waals surface area contributed by atoms with Crippen LogP contribution in [0.2, 0.25) is 0 Å². The SMILES string of the molecule is Cc1nc(N(C)CC(F)F)ccc1C(=O)O. The van der Waals surface area contributed by atoms with E-state index in [1.54, 1.807) is 0 Å². The summed E-state index contributed by atoms with van der Waals surface area (Å²) in [6.07, 6.45) is -2.45. The van der Waals surface area contributed by atoms with Crippen LogP contribution < -0.4 is 4.90 Å². The second kappa shape index (κ2) is 4.87. The van der Waals surface area contributed by atoms with E-state index < -0.39 is 18.9 Å². The molecule has 0 bridgehead atoms. The molecule has 0 radical (unpaired) electrons. The number of hydrogen-bond acceptors (Lipinski definition) is 3. The quantitative estimate of drug-likeness (QED) is 0.856. The van der Waals surface area contributed by atoms with Crippen molar-refractivity contribution in [3.8, 4) is 0 Å². The van der Waals surface area contributed by atoms with Gasteiger partial charge in [-0.15, -0.1) is 0 Å². The molecule has 0 atom stereocenters. The van der Waals surface area contributed by atoms with E-state index in [9.17, 15) is 13.6 Å². The van der Waals surface area contributed by atoms with Crippen LogP contribution in [0.4, 0.5) is 14.6 Å². The molecule has 6 heteroatoms. The lowest BCUT2D eigenvalue weighted by atomic mass is 10.2. The molecule has 0 aliphatic rings. The van der Waals surface area contributed by atoms with Crippen molar-refractivity contribution in [1.29, 1.82) is 0 Å². The first kappa shape index (κ1) is 12.4. The standard InChI is InChI=1S/C10H12F2N2O2/c1-6-7(10(15)16)3-4-9(13-6)14(2)5-8(11)12/h3-4,8H,5H2,1-2H3,(H,15,16). The summed E-state index contributed by atoms with van der Waals surface area (Å²) in [7, 11) is 1.48. The molecule has 1 aromatic rings. The van der Waals surface area contributed by atoms with Crippen LogP contribution in [0.15, 0.2) is 12.1 Å². The minimum Gasteiger partial charge on any atom is -0.478 e. The van der Waals surface area contributed by atoms with Crippen molar-refractivity contribution in [3.63, 3.8) is 0 Å². The Bertz CT molecular complexity index is 396. The van der Waals surface area contributed by atoms with Gasteiger partial charge in [-0.2, -0.15) is 0 Å². The largest absolute Gasteiger partial charge is 0.478 e. The summed E-state index contributed by atoms with van der Waals surface area (Å²) in [4.78, 5) is 15.9. The van der Waals surface area contributed by atoms with Crippen LogP contribution in [-0.4, -0.2) is 36.1 Å². The summed E-state index contributed by atoms with van der Waals surface area (Å²) in [6.45, 7) is 1.10. The molecule has 4 nitrogen and oxygen atoms in total. The summed E-state index contributed by atoms with van der Waals surface area (Å²) >= 11 is 0. The number of halogens is 2. The first-order valence-electron chi connectivity index (χ1n) is 4.62. The Balaban J connectivity index is 2.92. The molecule has 1 aromatic heterocycles. The van der Waals surface area contributed by atoms with Gasteiger partial charge in [0.2, 0.25) is 0 Å². The Morgan fingerprint density at radius 3 is 2.62 bits per heavy atom. The molecule has 16 heavy (non-hydrogen) atoms. The van der Waals surface area contributed by atoms with Gasteiger partial charge in [-0.3, -0.25) is 0 Å². The highest BCUT2D eigenvalue weighted by Gasteiger charge is 2.13. The van der Waals surface area contributed by atoms with Gasteiger partial charge in [-0.1, -0.05) is 0 Å². The number of carbonyl (C=O) groups is 1. The minimum atomic E-state index is -2.45. The highest BCUT2D eigenvalue weighted by atomic mass is 19.3. The third-order valence-electron chi connectivity index (χ3n) is 2.10. The molecule has 88 valence electrons. The Hall–Kier alpha value is -1.72. The van der Waals surface area contributed by atoms with E-state index in [1.165, 1.54) is 31.0 Å². The van der Waals surface area contributed by atoms with Crippen molar-refractivity contribution in [1.82, 2.24) is 4.98 Å². The molecule has 1 heterocycles. The lowest BCUT2D eigenvalue weighted by molar-refractivity contribution is 0.0695. The Morgan fingerprint density at radius 2 is 2.19 bits per heavy atom. The maximum absolute atomic E-state index is 12.1. The lowest BCUT2D eigenvalue weighted by Crippen LogP contribution is -2.25. The first-order valence-corrected chi connectivity index (χ1v) is 4.62. The fourth-order valence-electron chi connectivity index (χ4n) is 1.29. The smallest absolute Gasteiger partial charge is 0.337 e. The van der Waals surface area contributed by atoms with E-state index in [0.717, 1.165) is 0 Å². The predicted octanol–water partition coefficient (Wildman–Crippen LogP) is 1.79. The fourth-order valence-corrected chi connectivity index (χ4v) is 1.29. The van der Waals surface area contributed by atoms with Gasteiger partial charge in [0.15, 0.2) is 0 Å². The second-order valence-corrected chi connectivity index (χ2v) is 3.38. The number of anilines is 1. The molecule has 0 unspecified atom stereocenters. The van der Waals surface area contributed by atoms with Gasteiger partial charge in [0.25, 0.3) is 6.43 Å². The molecule has 0 aliphatic carbocycles. The van der Waals surface area contributed by atoms with E-state index in [0.29, 0.717) is 11.5 Å². The zero-order chi connectivity index (χ0) is 12.3. The van der Waals surface area contributed by atoms with Gasteiger partial charge in [0, 0.05) is 7.05 Å². The van der Waals surface area contributed by atoms with Crippen molar-refractivity contribution >= 4 is 11.8 Å². The highest BCUT2D eigenvalue weighted by Crippen LogP contribution is 2.14. The molecule has 0 saturated carbocycles. The van der Waals surface area contributed by atoms with Crippen LogP contribution in [0, 0.1) is 6.92 Å². The Kier molecular flexibility index (Phi) is 3.76. The number of aromatic carboxylic acids is 1. The highest BCUT2D eigenvalue weighted by molar-refractivity contribution is 5.89. The van der Waals surface area contributed by atoms with Gasteiger partial charge in [0.1, 0.15) is 5.82 Å². The molecule has 1 rings (SSSR count). The number of hydrogen-bond donors (Lipinski definition) is 1. The number of carboxylic acid groups (broad SMARTS) is 1. The summed E-state index contributed by atoms with van der Waals surface area (Å²) in [5, 5.41) is 8.77. The summed E-state index contributed by atoms with van der Waals surface area (Å²) < 4.78 is 24.2. The lowest BCUT2D eigenvalue weighted by Gasteiger charge is -2.18. The van der Waals surface area contributed by atoms with E-state index >= 15 is 0 Å². The number of aryl methyl sites for hydroxylation is 1. The Morgan fingerprint density at radius 1 is 1.56 bits per heavy atom. The van der Waals surface area contributed by atoms with E-state index in [4.69, 9.17) is 5.11 Å². The monoisotopic (exact) mass is 230 g/mol. The number of pyridine rings is 1. The van der Waals surface area contributed by atoms with Gasteiger partial charge in [-0.05, 0) is 19.1 Å². The first-order chi connectivity index (χ1) is 7.41. The number of nitrogens with zero attached hydrogens (tertiary/aromatic N) is 2. The number of rotatable bonds is 4. The minimum absolute atomic E-state index is 0.0780. The van der Waals surface area contributed by atoms with Crippen LogP contribution in [0.25, 0.3) is 0 Å². The summed E-state index contributed by atoms with van der Waals surface area (Å²) in [5.74, 6) is -0.740. The molecule has 0 fully saturated rings. The van der Waals surface area contributed by atoms with Gasteiger partial charge < -0.3 is 10.0 Å². The van der Waals surface area contributed by atoms with Crippen molar-refractivity contribution in [3.05, 3.63) is 23.4 Å². The molecule has 0 aromatic carbocycles. The van der Waals surface area contributed by atoms with Crippen molar-refractivity contribution in [2.75, 3.05) is 18.5 Å². The molecule has 0 saturated heterocycles. The maximum atomic E-state index is 12.1. The molecular formula is C10H12F2N2O2. The maximum Gasteiger partial charge on any atom is 0.337 e. The normalized spacial score (nSPS) is 10.6. The number of alkyl halides is 2. The zero-order valence-electron chi connectivity index (χ0n) is 8.94. The fraction of sp³-hybridized carbons (Fsp3) is 0.400. The van der Waals surface area contributed by atoms with E-state index in [-0.39, 0.29) is 5.56 Å². The molecule has 0 amide bonds. The van der Waals surface area contributed by atoms with Crippen molar-refractivity contribution < 1.29 is 18.7 Å². The van der Waals surface area contributed by atoms with Crippen LogP contribution in [-0.2, 0) is 0 Å². The van der Waals surface area contributed by atoms with Crippen molar-refractivity contribution in [2.45, 2.75) is 13.3 Å². The van der Waals surface area contributed by atoms with E-state index in [2.05, 4.69) is 4.98 Å². The molecular weight excluding hydrogens is 218 g/mol. The zero-order valence-corrected chi connectivity index (χ0v) is 8.94. The van der Waals surface area contributed by atoms with Crippen molar-refractivity contribution in [2.24, 2.45) is 0 Å². The number of aromatic nitrogens is 1. The average Bonchev–Trinajstić information content (AvgIpc) is 2.15. The van der Waals surface area contributed by atoms with Gasteiger partial charge >= 0.3 is 5.97 Å². The van der Waals surface area contributed by atoms with Crippen LogP contribution >= 0.6 is 0 Å². The summed E-state index contributed by atoms with van der Waals surface area (Å²) in [5.41, 5.74) is 0.389. The average molecular weight is 230 g/mol. The Labute approximate surface area is 91.5 Å². The van der Waals surface area contributed by atoms with E-state index in [1.807, 2.05) is 0 Å².